The number of hydrogen-bond donors (Lipinski definition) is 0. The van der Waals surface area contributed by atoms with Crippen molar-refractivity contribution in [2.45, 2.75) is 12.2 Å². The van der Waals surface area contributed by atoms with Crippen LogP contribution in [-0.4, -0.2) is 25.7 Å². The average molecular weight is 338 g/mol. The number of halogens is 1. The summed E-state index contributed by atoms with van der Waals surface area (Å²) in [6.07, 6.45) is 1.07. The summed E-state index contributed by atoms with van der Waals surface area (Å²) in [5.41, 5.74) is 0.438. The summed E-state index contributed by atoms with van der Waals surface area (Å²) in [5, 5.41) is -0.974. The zero-order valence-electron chi connectivity index (χ0n) is 8.40. The quantitative estimate of drug-likeness (QED) is 0.625. The number of carbonyl (C=O) groups is 1. The van der Waals surface area contributed by atoms with Gasteiger partial charge in [0.15, 0.2) is 15.6 Å². The van der Waals surface area contributed by atoms with Crippen molar-refractivity contribution >= 4 is 38.2 Å². The van der Waals surface area contributed by atoms with E-state index in [2.05, 4.69) is 22.6 Å². The maximum Gasteiger partial charge on any atom is 0.180 e. The van der Waals surface area contributed by atoms with Gasteiger partial charge in [-0.05, 0) is 41.6 Å². The summed E-state index contributed by atoms with van der Waals surface area (Å²) in [4.78, 5) is 11.7. The highest BCUT2D eigenvalue weighted by atomic mass is 127. The molecule has 0 bridgehead atoms. The van der Waals surface area contributed by atoms with Crippen LogP contribution in [0.2, 0.25) is 0 Å². The average Bonchev–Trinajstić information content (AvgIpc) is 2.15. The molecule has 1 atom stereocenters. The first-order valence-electron chi connectivity index (χ1n) is 4.31. The Bertz CT molecular complexity index is 462. The molecule has 1 unspecified atom stereocenters. The lowest BCUT2D eigenvalue weighted by molar-refractivity contribution is 0.0991. The molecule has 0 N–H and O–H groups in total. The van der Waals surface area contributed by atoms with Crippen LogP contribution in [0, 0.1) is 3.57 Å². The van der Waals surface area contributed by atoms with Crippen LogP contribution in [0.1, 0.15) is 17.3 Å². The monoisotopic (exact) mass is 338 g/mol. The Labute approximate surface area is 103 Å². The third-order valence-corrected chi connectivity index (χ3v) is 4.36. The lowest BCUT2D eigenvalue weighted by Gasteiger charge is -2.07. The summed E-state index contributed by atoms with van der Waals surface area (Å²) >= 11 is 2.12. The van der Waals surface area contributed by atoms with Gasteiger partial charge in [0, 0.05) is 15.4 Å². The van der Waals surface area contributed by atoms with Crippen LogP contribution >= 0.6 is 22.6 Å². The maximum absolute atomic E-state index is 11.7. The van der Waals surface area contributed by atoms with E-state index in [0.717, 1.165) is 9.83 Å². The van der Waals surface area contributed by atoms with Gasteiger partial charge in [-0.3, -0.25) is 4.79 Å². The fraction of sp³-hybridized carbons (Fsp3) is 0.300. The van der Waals surface area contributed by atoms with Crippen molar-refractivity contribution in [3.8, 4) is 0 Å². The van der Waals surface area contributed by atoms with Gasteiger partial charge in [-0.1, -0.05) is 12.1 Å². The van der Waals surface area contributed by atoms with Crippen molar-refractivity contribution in [2.24, 2.45) is 0 Å². The van der Waals surface area contributed by atoms with Gasteiger partial charge < -0.3 is 0 Å². The zero-order chi connectivity index (χ0) is 11.6. The van der Waals surface area contributed by atoms with Crippen LogP contribution in [0.5, 0.6) is 0 Å². The Balaban J connectivity index is 3.01. The van der Waals surface area contributed by atoms with E-state index in [1.807, 2.05) is 0 Å². The van der Waals surface area contributed by atoms with Gasteiger partial charge in [-0.2, -0.15) is 0 Å². The molecular weight excluding hydrogens is 327 g/mol. The van der Waals surface area contributed by atoms with Crippen LogP contribution in [0.15, 0.2) is 24.3 Å². The molecule has 0 aliphatic heterocycles. The molecular formula is C10H11IO3S. The molecule has 0 aliphatic carbocycles. The summed E-state index contributed by atoms with van der Waals surface area (Å²) < 4.78 is 23.4. The van der Waals surface area contributed by atoms with E-state index < -0.39 is 15.1 Å². The molecule has 5 heteroatoms. The minimum atomic E-state index is -3.31. The van der Waals surface area contributed by atoms with Crippen LogP contribution in [0.3, 0.4) is 0 Å². The van der Waals surface area contributed by atoms with Crippen LogP contribution in [-0.2, 0) is 9.84 Å². The van der Waals surface area contributed by atoms with Crippen molar-refractivity contribution < 1.29 is 13.2 Å². The molecule has 82 valence electrons. The Morgan fingerprint density at radius 2 is 1.73 bits per heavy atom. The van der Waals surface area contributed by atoms with Gasteiger partial charge in [0.2, 0.25) is 0 Å². The van der Waals surface area contributed by atoms with Crippen molar-refractivity contribution in [1.29, 1.82) is 0 Å². The number of hydrogen-bond acceptors (Lipinski definition) is 3. The van der Waals surface area contributed by atoms with Gasteiger partial charge >= 0.3 is 0 Å². The number of carbonyl (C=O) groups excluding carboxylic acids is 1. The summed E-state index contributed by atoms with van der Waals surface area (Å²) in [5.74, 6) is -0.353. The lowest BCUT2D eigenvalue weighted by atomic mass is 10.1. The minimum Gasteiger partial charge on any atom is -0.293 e. The number of sulfone groups is 1. The Morgan fingerprint density at radius 1 is 1.27 bits per heavy atom. The highest BCUT2D eigenvalue weighted by molar-refractivity contribution is 14.1. The minimum absolute atomic E-state index is 0.353. The summed E-state index contributed by atoms with van der Waals surface area (Å²) in [7, 11) is -3.31. The molecule has 0 radical (unpaired) electrons. The van der Waals surface area contributed by atoms with Gasteiger partial charge in [0.05, 0.1) is 0 Å². The number of ketones is 1. The molecule has 1 aromatic rings. The highest BCUT2D eigenvalue weighted by Crippen LogP contribution is 2.12. The summed E-state index contributed by atoms with van der Waals surface area (Å²) in [6, 6.07) is 6.85. The molecule has 1 rings (SSSR count). The predicted molar refractivity (Wildman–Crippen MR) is 67.8 cm³/mol. The van der Waals surface area contributed by atoms with E-state index in [1.54, 1.807) is 24.3 Å². The SMILES string of the molecule is CC(C(=O)c1ccc(I)cc1)S(C)(=O)=O. The fourth-order valence-corrected chi connectivity index (χ4v) is 1.93. The lowest BCUT2D eigenvalue weighted by Crippen LogP contribution is -2.26. The van der Waals surface area contributed by atoms with Gasteiger partial charge in [0.25, 0.3) is 0 Å². The van der Waals surface area contributed by atoms with Crippen molar-refractivity contribution in [3.63, 3.8) is 0 Å². The van der Waals surface area contributed by atoms with E-state index in [9.17, 15) is 13.2 Å². The van der Waals surface area contributed by atoms with Gasteiger partial charge in [-0.25, -0.2) is 8.42 Å². The first-order valence-corrected chi connectivity index (χ1v) is 7.34. The zero-order valence-corrected chi connectivity index (χ0v) is 11.4. The van der Waals surface area contributed by atoms with E-state index in [1.165, 1.54) is 6.92 Å². The first kappa shape index (κ1) is 12.6. The van der Waals surface area contributed by atoms with E-state index in [0.29, 0.717) is 5.56 Å². The second-order valence-electron chi connectivity index (χ2n) is 3.34. The smallest absolute Gasteiger partial charge is 0.180 e. The molecule has 15 heavy (non-hydrogen) atoms. The molecule has 0 fully saturated rings. The normalized spacial score (nSPS) is 13.5. The Morgan fingerprint density at radius 3 is 2.13 bits per heavy atom. The second kappa shape index (κ2) is 4.61. The van der Waals surface area contributed by atoms with Crippen LogP contribution in [0.4, 0.5) is 0 Å². The number of rotatable bonds is 3. The van der Waals surface area contributed by atoms with E-state index in [-0.39, 0.29) is 5.78 Å². The molecule has 3 nitrogen and oxygen atoms in total. The van der Waals surface area contributed by atoms with Gasteiger partial charge in [0.1, 0.15) is 5.25 Å². The second-order valence-corrected chi connectivity index (χ2v) is 6.95. The molecule has 0 spiro atoms. The third kappa shape index (κ3) is 3.27. The number of Topliss-reactive ketones (excluding diaryl/α,β-unsaturated/α-hetero) is 1. The number of benzene rings is 1. The van der Waals surface area contributed by atoms with Crippen molar-refractivity contribution in [3.05, 3.63) is 33.4 Å². The predicted octanol–water partition coefficient (Wildman–Crippen LogP) is 1.91. The van der Waals surface area contributed by atoms with E-state index >= 15 is 0 Å². The highest BCUT2D eigenvalue weighted by Gasteiger charge is 2.24. The maximum atomic E-state index is 11.7. The van der Waals surface area contributed by atoms with E-state index in [4.69, 9.17) is 0 Å². The fourth-order valence-electron chi connectivity index (χ4n) is 1.04. The summed E-state index contributed by atoms with van der Waals surface area (Å²) in [6.45, 7) is 1.41. The molecule has 0 aromatic heterocycles. The molecule has 0 heterocycles. The molecule has 0 saturated carbocycles. The molecule has 0 aliphatic rings. The largest absolute Gasteiger partial charge is 0.293 e. The third-order valence-electron chi connectivity index (χ3n) is 2.14. The van der Waals surface area contributed by atoms with Crippen molar-refractivity contribution in [1.82, 2.24) is 0 Å². The topological polar surface area (TPSA) is 51.2 Å². The Kier molecular flexibility index (Phi) is 3.88. The van der Waals surface area contributed by atoms with Crippen LogP contribution in [0.25, 0.3) is 0 Å². The first-order chi connectivity index (χ1) is 6.82. The Hall–Kier alpha value is -0.430. The van der Waals surface area contributed by atoms with Crippen molar-refractivity contribution in [2.75, 3.05) is 6.26 Å². The van der Waals surface area contributed by atoms with Crippen LogP contribution < -0.4 is 0 Å². The molecule has 0 amide bonds. The molecule has 0 saturated heterocycles. The standard InChI is InChI=1S/C10H11IO3S/c1-7(15(2,13)14)10(12)8-3-5-9(11)6-4-8/h3-7H,1-2H3. The molecule has 1 aromatic carbocycles. The van der Waals surface area contributed by atoms with Gasteiger partial charge in [-0.15, -0.1) is 0 Å².